The van der Waals surface area contributed by atoms with E-state index in [-0.39, 0.29) is 6.61 Å². The lowest BCUT2D eigenvalue weighted by Gasteiger charge is -2.13. The number of aliphatic hydroxyl groups excluding tert-OH is 1. The number of tetrazole rings is 1. The smallest absolute Gasteiger partial charge is 0.242 e. The minimum absolute atomic E-state index is 0.233. The Labute approximate surface area is 83.3 Å². The van der Waals surface area contributed by atoms with E-state index in [1.165, 1.54) is 0 Å². The number of hydrogen-bond donors (Lipinski definition) is 2. The van der Waals surface area contributed by atoms with Gasteiger partial charge in [0.05, 0.1) is 0 Å². The minimum Gasteiger partial charge on any atom is -0.396 e. The molecule has 6 heteroatoms. The Hall–Kier alpha value is -1.17. The van der Waals surface area contributed by atoms with Crippen LogP contribution >= 0.6 is 0 Å². The SMILES string of the molecule is CCC(CCO)CNc1nnnn1C. The molecule has 1 unspecified atom stereocenters. The van der Waals surface area contributed by atoms with Crippen LogP contribution in [0, 0.1) is 5.92 Å². The molecule has 0 bridgehead atoms. The van der Waals surface area contributed by atoms with Crippen molar-refractivity contribution in [3.05, 3.63) is 0 Å². The van der Waals surface area contributed by atoms with Gasteiger partial charge in [0.15, 0.2) is 0 Å². The molecule has 1 aromatic heterocycles. The van der Waals surface area contributed by atoms with Gasteiger partial charge in [0, 0.05) is 20.2 Å². The molecular formula is C8H17N5O. The van der Waals surface area contributed by atoms with Crippen molar-refractivity contribution >= 4 is 5.95 Å². The molecule has 80 valence electrons. The summed E-state index contributed by atoms with van der Waals surface area (Å²) >= 11 is 0. The maximum absolute atomic E-state index is 8.81. The van der Waals surface area contributed by atoms with Gasteiger partial charge in [-0.1, -0.05) is 18.4 Å². The molecule has 14 heavy (non-hydrogen) atoms. The van der Waals surface area contributed by atoms with Crippen molar-refractivity contribution in [2.24, 2.45) is 13.0 Å². The Balaban J connectivity index is 2.35. The van der Waals surface area contributed by atoms with Crippen LogP contribution in [0.15, 0.2) is 0 Å². The van der Waals surface area contributed by atoms with E-state index < -0.39 is 0 Å². The standard InChI is InChI=1S/C8H17N5O/c1-3-7(4-5-14)6-9-8-10-11-12-13(8)2/h7,14H,3-6H2,1-2H3,(H,9,10,12). The number of hydrogen-bond acceptors (Lipinski definition) is 5. The van der Waals surface area contributed by atoms with Crippen molar-refractivity contribution < 1.29 is 5.11 Å². The van der Waals surface area contributed by atoms with Gasteiger partial charge in [-0.05, 0) is 22.8 Å². The summed E-state index contributed by atoms with van der Waals surface area (Å²) in [5.74, 6) is 1.14. The number of rotatable bonds is 6. The van der Waals surface area contributed by atoms with Crippen LogP contribution in [0.1, 0.15) is 19.8 Å². The summed E-state index contributed by atoms with van der Waals surface area (Å²) in [6, 6.07) is 0. The molecule has 0 aliphatic heterocycles. The van der Waals surface area contributed by atoms with E-state index in [0.717, 1.165) is 19.4 Å². The molecular weight excluding hydrogens is 182 g/mol. The molecule has 0 aliphatic carbocycles. The van der Waals surface area contributed by atoms with Crippen LogP contribution in [-0.2, 0) is 7.05 Å². The van der Waals surface area contributed by atoms with Crippen molar-refractivity contribution in [3.63, 3.8) is 0 Å². The molecule has 1 heterocycles. The topological polar surface area (TPSA) is 75.9 Å². The van der Waals surface area contributed by atoms with Crippen LogP contribution in [0.2, 0.25) is 0 Å². The molecule has 1 aromatic rings. The first-order valence-corrected chi connectivity index (χ1v) is 4.85. The average molecular weight is 199 g/mol. The number of aryl methyl sites for hydroxylation is 1. The van der Waals surface area contributed by atoms with E-state index >= 15 is 0 Å². The third-order valence-corrected chi connectivity index (χ3v) is 2.28. The average Bonchev–Trinajstić information content (AvgIpc) is 2.59. The van der Waals surface area contributed by atoms with Crippen molar-refractivity contribution in [1.82, 2.24) is 20.2 Å². The van der Waals surface area contributed by atoms with Gasteiger partial charge < -0.3 is 10.4 Å². The quantitative estimate of drug-likeness (QED) is 0.676. The summed E-state index contributed by atoms with van der Waals surface area (Å²) in [6.45, 7) is 3.14. The highest BCUT2D eigenvalue weighted by molar-refractivity contribution is 5.20. The highest BCUT2D eigenvalue weighted by Gasteiger charge is 2.07. The Morgan fingerprint density at radius 3 is 2.86 bits per heavy atom. The van der Waals surface area contributed by atoms with Gasteiger partial charge in [-0.25, -0.2) is 4.68 Å². The highest BCUT2D eigenvalue weighted by atomic mass is 16.3. The first-order valence-electron chi connectivity index (χ1n) is 4.85. The lowest BCUT2D eigenvalue weighted by atomic mass is 10.0. The van der Waals surface area contributed by atoms with Gasteiger partial charge in [-0.3, -0.25) is 0 Å². The van der Waals surface area contributed by atoms with E-state index in [9.17, 15) is 0 Å². The molecule has 0 aliphatic rings. The Morgan fingerprint density at radius 1 is 1.57 bits per heavy atom. The fraction of sp³-hybridized carbons (Fsp3) is 0.875. The second-order valence-corrected chi connectivity index (χ2v) is 3.29. The molecule has 0 saturated carbocycles. The monoisotopic (exact) mass is 199 g/mol. The van der Waals surface area contributed by atoms with Gasteiger partial charge in [-0.15, -0.1) is 0 Å². The molecule has 0 aromatic carbocycles. The summed E-state index contributed by atoms with van der Waals surface area (Å²) in [7, 11) is 1.79. The maximum atomic E-state index is 8.81. The fourth-order valence-electron chi connectivity index (χ4n) is 1.25. The zero-order valence-corrected chi connectivity index (χ0v) is 8.64. The normalized spacial score (nSPS) is 12.8. The second kappa shape index (κ2) is 5.54. The number of anilines is 1. The Morgan fingerprint density at radius 2 is 2.36 bits per heavy atom. The summed E-state index contributed by atoms with van der Waals surface area (Å²) in [4.78, 5) is 0. The zero-order chi connectivity index (χ0) is 10.4. The number of nitrogens with one attached hydrogen (secondary N) is 1. The van der Waals surface area contributed by atoms with E-state index in [0.29, 0.717) is 11.9 Å². The molecule has 0 amide bonds. The van der Waals surface area contributed by atoms with Crippen LogP contribution < -0.4 is 5.32 Å². The molecule has 2 N–H and O–H groups in total. The molecule has 1 atom stereocenters. The van der Waals surface area contributed by atoms with Crippen molar-refractivity contribution in [2.45, 2.75) is 19.8 Å². The summed E-state index contributed by atoms with van der Waals surface area (Å²) in [6.07, 6.45) is 1.85. The summed E-state index contributed by atoms with van der Waals surface area (Å²) in [5.41, 5.74) is 0. The molecule has 0 spiro atoms. The largest absolute Gasteiger partial charge is 0.396 e. The lowest BCUT2D eigenvalue weighted by Crippen LogP contribution is -2.17. The minimum atomic E-state index is 0.233. The number of nitrogens with zero attached hydrogens (tertiary/aromatic N) is 4. The van der Waals surface area contributed by atoms with Crippen LogP contribution in [0.25, 0.3) is 0 Å². The molecule has 0 radical (unpaired) electrons. The molecule has 6 nitrogen and oxygen atoms in total. The Kier molecular flexibility index (Phi) is 4.31. The van der Waals surface area contributed by atoms with Gasteiger partial charge in [-0.2, -0.15) is 0 Å². The third kappa shape index (κ3) is 2.95. The van der Waals surface area contributed by atoms with Crippen molar-refractivity contribution in [2.75, 3.05) is 18.5 Å². The highest BCUT2D eigenvalue weighted by Crippen LogP contribution is 2.08. The van der Waals surface area contributed by atoms with Crippen LogP contribution in [0.5, 0.6) is 0 Å². The van der Waals surface area contributed by atoms with E-state index in [1.54, 1.807) is 11.7 Å². The maximum Gasteiger partial charge on any atom is 0.242 e. The molecule has 0 fully saturated rings. The predicted molar refractivity (Wildman–Crippen MR) is 52.8 cm³/mol. The first kappa shape index (κ1) is 10.9. The number of aromatic nitrogens is 4. The second-order valence-electron chi connectivity index (χ2n) is 3.29. The molecule has 1 rings (SSSR count). The predicted octanol–water partition coefficient (Wildman–Crippen LogP) is 0.0306. The van der Waals surface area contributed by atoms with Crippen LogP contribution in [0.3, 0.4) is 0 Å². The number of aliphatic hydroxyl groups is 1. The third-order valence-electron chi connectivity index (χ3n) is 2.28. The summed E-state index contributed by atoms with van der Waals surface area (Å²) in [5, 5.41) is 23.0. The van der Waals surface area contributed by atoms with Gasteiger partial charge in [0.2, 0.25) is 5.95 Å². The van der Waals surface area contributed by atoms with E-state index in [4.69, 9.17) is 5.11 Å². The van der Waals surface area contributed by atoms with Crippen molar-refractivity contribution in [1.29, 1.82) is 0 Å². The Bertz CT molecular complexity index is 262. The van der Waals surface area contributed by atoms with Gasteiger partial charge >= 0.3 is 0 Å². The fourth-order valence-corrected chi connectivity index (χ4v) is 1.25. The zero-order valence-electron chi connectivity index (χ0n) is 8.64. The van der Waals surface area contributed by atoms with E-state index in [2.05, 4.69) is 27.8 Å². The van der Waals surface area contributed by atoms with Crippen LogP contribution in [0.4, 0.5) is 5.95 Å². The van der Waals surface area contributed by atoms with Gasteiger partial charge in [0.1, 0.15) is 0 Å². The molecule has 0 saturated heterocycles. The van der Waals surface area contributed by atoms with E-state index in [1.807, 2.05) is 0 Å². The first-order chi connectivity index (χ1) is 6.77. The summed E-state index contributed by atoms with van der Waals surface area (Å²) < 4.78 is 1.59. The van der Waals surface area contributed by atoms with Crippen molar-refractivity contribution in [3.8, 4) is 0 Å². The lowest BCUT2D eigenvalue weighted by molar-refractivity contribution is 0.258. The van der Waals surface area contributed by atoms with Crippen LogP contribution in [-0.4, -0.2) is 38.5 Å². The van der Waals surface area contributed by atoms with Gasteiger partial charge in [0.25, 0.3) is 0 Å².